The van der Waals surface area contributed by atoms with E-state index in [2.05, 4.69) is 30.9 Å². The molecule has 2 heterocycles. The quantitative estimate of drug-likeness (QED) is 0.599. The Hall–Kier alpha value is -1.47. The molecule has 0 unspecified atom stereocenters. The molecular weight excluding hydrogens is 386 g/mol. The Morgan fingerprint density at radius 1 is 1.19 bits per heavy atom. The van der Waals surface area contributed by atoms with Crippen LogP contribution in [0.25, 0.3) is 10.2 Å². The predicted molar refractivity (Wildman–Crippen MR) is 115 cm³/mol. The van der Waals surface area contributed by atoms with Gasteiger partial charge >= 0.3 is 0 Å². The van der Waals surface area contributed by atoms with Gasteiger partial charge in [0.1, 0.15) is 0 Å². The minimum Gasteiger partial charge on any atom is -0.308 e. The molecule has 3 aromatic rings. The number of likely N-dealkylation sites (N-methyl/N-ethyl adjacent to an activating group) is 1. The first-order valence-corrected chi connectivity index (χ1v) is 9.99. The van der Waals surface area contributed by atoms with E-state index in [0.29, 0.717) is 13.0 Å². The van der Waals surface area contributed by atoms with Crippen LogP contribution in [0, 0.1) is 13.8 Å². The fraction of sp³-hybridized carbons (Fsp3) is 0.368. The zero-order valence-electron chi connectivity index (χ0n) is 15.5. The van der Waals surface area contributed by atoms with Gasteiger partial charge in [-0.1, -0.05) is 23.5 Å². The highest BCUT2D eigenvalue weighted by molar-refractivity contribution is 7.22. The summed E-state index contributed by atoms with van der Waals surface area (Å²) < 4.78 is 1.17. The Morgan fingerprint density at radius 3 is 2.62 bits per heavy atom. The van der Waals surface area contributed by atoms with Gasteiger partial charge in [0.25, 0.3) is 0 Å². The molecule has 3 rings (SSSR count). The highest BCUT2D eigenvalue weighted by Gasteiger charge is 2.21. The van der Waals surface area contributed by atoms with Crippen LogP contribution in [0.2, 0.25) is 0 Å². The number of hydrogen-bond acceptors (Lipinski definition) is 5. The fourth-order valence-electron chi connectivity index (χ4n) is 2.77. The van der Waals surface area contributed by atoms with E-state index in [1.54, 1.807) is 22.7 Å². The molecule has 140 valence electrons. The van der Waals surface area contributed by atoms with Gasteiger partial charge in [-0.05, 0) is 56.6 Å². The van der Waals surface area contributed by atoms with Crippen LogP contribution in [-0.4, -0.2) is 43.0 Å². The Bertz CT molecular complexity index is 874. The largest absolute Gasteiger partial charge is 0.308 e. The molecule has 26 heavy (non-hydrogen) atoms. The average molecular weight is 410 g/mol. The minimum atomic E-state index is 0. The average Bonchev–Trinajstić information content (AvgIpc) is 3.16. The third-order valence-corrected chi connectivity index (χ3v) is 6.12. The molecule has 0 aliphatic heterocycles. The first-order chi connectivity index (χ1) is 11.9. The van der Waals surface area contributed by atoms with E-state index in [0.717, 1.165) is 22.1 Å². The van der Waals surface area contributed by atoms with E-state index < -0.39 is 0 Å². The van der Waals surface area contributed by atoms with Crippen LogP contribution in [0.4, 0.5) is 5.13 Å². The number of thiophene rings is 1. The zero-order valence-corrected chi connectivity index (χ0v) is 17.9. The second-order valence-electron chi connectivity index (χ2n) is 6.53. The van der Waals surface area contributed by atoms with Crippen LogP contribution in [0.15, 0.2) is 29.6 Å². The number of aryl methyl sites for hydroxylation is 2. The van der Waals surface area contributed by atoms with Crippen molar-refractivity contribution in [2.24, 2.45) is 0 Å². The van der Waals surface area contributed by atoms with Gasteiger partial charge in [-0.15, -0.1) is 23.7 Å². The van der Waals surface area contributed by atoms with Gasteiger partial charge in [0.15, 0.2) is 5.13 Å². The summed E-state index contributed by atoms with van der Waals surface area (Å²) >= 11 is 3.23. The van der Waals surface area contributed by atoms with Gasteiger partial charge in [0.05, 0.1) is 16.6 Å². The molecule has 0 saturated heterocycles. The minimum absolute atomic E-state index is 0. The summed E-state index contributed by atoms with van der Waals surface area (Å²) in [4.78, 5) is 22.7. The van der Waals surface area contributed by atoms with Crippen molar-refractivity contribution < 1.29 is 4.79 Å². The number of amides is 1. The third kappa shape index (κ3) is 4.82. The van der Waals surface area contributed by atoms with Gasteiger partial charge in [-0.25, -0.2) is 4.98 Å². The standard InChI is InChI=1S/C19H23N3OS2.ClH/c1-13-10-14(2)18-16(11-13)20-19(25-18)22(8-7-21(3)4)17(23)12-15-6-5-9-24-15;/h5-6,9-11H,7-8,12H2,1-4H3;1H. The fourth-order valence-corrected chi connectivity index (χ4v) is 4.52. The number of rotatable bonds is 6. The molecule has 0 fully saturated rings. The maximum absolute atomic E-state index is 12.9. The Labute approximate surface area is 168 Å². The second-order valence-corrected chi connectivity index (χ2v) is 8.54. The molecular formula is C19H24ClN3OS2. The molecule has 0 aliphatic rings. The summed E-state index contributed by atoms with van der Waals surface area (Å²) in [6.45, 7) is 5.64. The van der Waals surface area contributed by atoms with Crippen molar-refractivity contribution in [2.75, 3.05) is 32.1 Å². The SMILES string of the molecule is Cc1cc(C)c2sc(N(CCN(C)C)C(=O)Cc3cccs3)nc2c1.Cl. The molecule has 0 bridgehead atoms. The van der Waals surface area contributed by atoms with Crippen molar-refractivity contribution in [3.8, 4) is 0 Å². The zero-order chi connectivity index (χ0) is 18.0. The molecule has 0 aliphatic carbocycles. The number of aromatic nitrogens is 1. The first-order valence-electron chi connectivity index (χ1n) is 8.29. The highest BCUT2D eigenvalue weighted by Crippen LogP contribution is 2.32. The number of hydrogen-bond donors (Lipinski definition) is 0. The first kappa shape index (κ1) is 20.8. The number of carbonyl (C=O) groups excluding carboxylic acids is 1. The molecule has 1 amide bonds. The number of thiazole rings is 1. The lowest BCUT2D eigenvalue weighted by Gasteiger charge is -2.21. The smallest absolute Gasteiger partial charge is 0.234 e. The number of fused-ring (bicyclic) bond motifs is 1. The lowest BCUT2D eigenvalue weighted by molar-refractivity contribution is -0.118. The summed E-state index contributed by atoms with van der Waals surface area (Å²) in [5.41, 5.74) is 3.40. The van der Waals surface area contributed by atoms with Crippen LogP contribution in [0.3, 0.4) is 0 Å². The van der Waals surface area contributed by atoms with Gasteiger partial charge in [-0.3, -0.25) is 9.69 Å². The molecule has 0 N–H and O–H groups in total. The number of anilines is 1. The highest BCUT2D eigenvalue weighted by atomic mass is 35.5. The lowest BCUT2D eigenvalue weighted by Crippen LogP contribution is -2.37. The molecule has 0 atom stereocenters. The van der Waals surface area contributed by atoms with E-state index >= 15 is 0 Å². The van der Waals surface area contributed by atoms with E-state index in [9.17, 15) is 4.79 Å². The van der Waals surface area contributed by atoms with Gasteiger partial charge in [0, 0.05) is 18.0 Å². The maximum Gasteiger partial charge on any atom is 0.234 e. The summed E-state index contributed by atoms with van der Waals surface area (Å²) in [7, 11) is 4.04. The number of carbonyl (C=O) groups is 1. The Morgan fingerprint density at radius 2 is 1.96 bits per heavy atom. The lowest BCUT2D eigenvalue weighted by atomic mass is 10.1. The van der Waals surface area contributed by atoms with Crippen molar-refractivity contribution in [3.05, 3.63) is 45.6 Å². The summed E-state index contributed by atoms with van der Waals surface area (Å²) in [6.07, 6.45) is 0.430. The van der Waals surface area contributed by atoms with E-state index in [4.69, 9.17) is 4.98 Å². The normalized spacial score (nSPS) is 11.0. The third-order valence-electron chi connectivity index (χ3n) is 4.02. The van der Waals surface area contributed by atoms with Crippen LogP contribution < -0.4 is 4.90 Å². The number of halogens is 1. The van der Waals surface area contributed by atoms with Crippen LogP contribution in [0.1, 0.15) is 16.0 Å². The van der Waals surface area contributed by atoms with Crippen LogP contribution >= 0.6 is 35.1 Å². The van der Waals surface area contributed by atoms with Gasteiger partial charge < -0.3 is 4.90 Å². The summed E-state index contributed by atoms with van der Waals surface area (Å²) in [5.74, 6) is 0.109. The van der Waals surface area contributed by atoms with Gasteiger partial charge in [-0.2, -0.15) is 0 Å². The number of nitrogens with zero attached hydrogens (tertiary/aromatic N) is 3. The Kier molecular flexibility index (Phi) is 7.17. The van der Waals surface area contributed by atoms with E-state index in [1.165, 1.54) is 15.8 Å². The topological polar surface area (TPSA) is 36.4 Å². The molecule has 0 radical (unpaired) electrons. The monoisotopic (exact) mass is 409 g/mol. The molecule has 2 aromatic heterocycles. The van der Waals surface area contributed by atoms with Crippen molar-refractivity contribution in [1.82, 2.24) is 9.88 Å². The van der Waals surface area contributed by atoms with Crippen molar-refractivity contribution >= 4 is 56.3 Å². The molecule has 4 nitrogen and oxygen atoms in total. The van der Waals surface area contributed by atoms with Crippen molar-refractivity contribution in [1.29, 1.82) is 0 Å². The second kappa shape index (κ2) is 8.95. The van der Waals surface area contributed by atoms with E-state index in [-0.39, 0.29) is 18.3 Å². The maximum atomic E-state index is 12.9. The predicted octanol–water partition coefficient (Wildman–Crippen LogP) is 4.53. The molecule has 7 heteroatoms. The molecule has 1 aromatic carbocycles. The summed E-state index contributed by atoms with van der Waals surface area (Å²) in [5, 5.41) is 2.81. The summed E-state index contributed by atoms with van der Waals surface area (Å²) in [6, 6.07) is 8.26. The van der Waals surface area contributed by atoms with E-state index in [1.807, 2.05) is 36.5 Å². The van der Waals surface area contributed by atoms with Gasteiger partial charge in [0.2, 0.25) is 5.91 Å². The molecule has 0 saturated carbocycles. The van der Waals surface area contributed by atoms with Crippen LogP contribution in [0.5, 0.6) is 0 Å². The van der Waals surface area contributed by atoms with Crippen molar-refractivity contribution in [2.45, 2.75) is 20.3 Å². The van der Waals surface area contributed by atoms with Crippen LogP contribution in [-0.2, 0) is 11.2 Å². The van der Waals surface area contributed by atoms with Crippen molar-refractivity contribution in [3.63, 3.8) is 0 Å². The number of benzene rings is 1. The molecule has 0 spiro atoms. The Balaban J connectivity index is 0.00000243.